The number of allylic oxidation sites excluding steroid dienone is 2. The van der Waals surface area contributed by atoms with Gasteiger partial charge in [-0.3, -0.25) is 9.59 Å². The average molecular weight is 297 g/mol. The van der Waals surface area contributed by atoms with Crippen LogP contribution < -0.4 is 4.90 Å². The van der Waals surface area contributed by atoms with Gasteiger partial charge in [0, 0.05) is 12.2 Å². The molecule has 2 bridgehead atoms. The maximum atomic E-state index is 12.3. The number of fused-ring (bicyclic) bond motifs is 3. The van der Waals surface area contributed by atoms with Gasteiger partial charge in [0.1, 0.15) is 0 Å². The van der Waals surface area contributed by atoms with Crippen LogP contribution in [0.25, 0.3) is 0 Å². The van der Waals surface area contributed by atoms with Gasteiger partial charge in [-0.2, -0.15) is 0 Å². The van der Waals surface area contributed by atoms with E-state index >= 15 is 0 Å². The van der Waals surface area contributed by atoms with Gasteiger partial charge in [-0.25, -0.2) is 0 Å². The Bertz CT molecular complexity index is 651. The summed E-state index contributed by atoms with van der Waals surface area (Å²) in [6, 6.07) is 7.90. The first-order valence-corrected chi connectivity index (χ1v) is 7.95. The third-order valence-electron chi connectivity index (χ3n) is 5.11. The van der Waals surface area contributed by atoms with Crippen LogP contribution in [0.5, 0.6) is 0 Å². The number of amides is 1. The Morgan fingerprint density at radius 1 is 1.18 bits per heavy atom. The molecule has 114 valence electrons. The van der Waals surface area contributed by atoms with Crippen molar-refractivity contribution in [1.82, 2.24) is 0 Å². The summed E-state index contributed by atoms with van der Waals surface area (Å²) in [4.78, 5) is 26.2. The zero-order chi connectivity index (χ0) is 15.1. The molecule has 1 aromatic rings. The van der Waals surface area contributed by atoms with E-state index in [9.17, 15) is 9.59 Å². The van der Waals surface area contributed by atoms with Crippen molar-refractivity contribution >= 4 is 17.6 Å². The lowest BCUT2D eigenvalue weighted by atomic mass is 9.94. The third kappa shape index (κ3) is 2.23. The normalized spacial score (nSPS) is 28.0. The first kappa shape index (κ1) is 13.6. The number of carbonyl (C=O) groups excluding carboxylic acids is 2. The largest absolute Gasteiger partial charge is 0.455 e. The molecule has 2 aliphatic carbocycles. The molecule has 22 heavy (non-hydrogen) atoms. The Morgan fingerprint density at radius 3 is 2.82 bits per heavy atom. The smallest absolute Gasteiger partial charge is 0.310 e. The van der Waals surface area contributed by atoms with Crippen molar-refractivity contribution in [3.05, 3.63) is 42.0 Å². The fourth-order valence-corrected chi connectivity index (χ4v) is 3.97. The van der Waals surface area contributed by atoms with Gasteiger partial charge in [-0.1, -0.05) is 30.4 Å². The monoisotopic (exact) mass is 297 g/mol. The Labute approximate surface area is 129 Å². The standard InChI is InChI=1S/C18H19NO3/c20-17(19-8-7-13-3-1-2-4-16(13)19)11-22-18(21)15-10-12-5-6-14(15)9-12/h1-6,12,14-15H,7-11H2/t12-,14-,15+/m0/s1. The van der Waals surface area contributed by atoms with Gasteiger partial charge in [0.25, 0.3) is 5.91 Å². The predicted molar refractivity (Wildman–Crippen MR) is 82.3 cm³/mol. The van der Waals surface area contributed by atoms with Crippen molar-refractivity contribution in [2.24, 2.45) is 17.8 Å². The lowest BCUT2D eigenvalue weighted by molar-refractivity contribution is -0.152. The molecule has 0 spiro atoms. The number of carbonyl (C=O) groups is 2. The molecule has 1 saturated carbocycles. The summed E-state index contributed by atoms with van der Waals surface area (Å²) in [5.41, 5.74) is 2.13. The number of rotatable bonds is 3. The maximum absolute atomic E-state index is 12.3. The number of anilines is 1. The first-order valence-electron chi connectivity index (χ1n) is 7.95. The second-order valence-electron chi connectivity index (χ2n) is 6.42. The highest BCUT2D eigenvalue weighted by atomic mass is 16.5. The van der Waals surface area contributed by atoms with E-state index in [2.05, 4.69) is 12.2 Å². The maximum Gasteiger partial charge on any atom is 0.310 e. The van der Waals surface area contributed by atoms with E-state index in [4.69, 9.17) is 4.74 Å². The van der Waals surface area contributed by atoms with Crippen LogP contribution in [-0.4, -0.2) is 25.0 Å². The molecule has 4 nitrogen and oxygen atoms in total. The van der Waals surface area contributed by atoms with Crippen LogP contribution in [0.1, 0.15) is 18.4 Å². The third-order valence-corrected chi connectivity index (χ3v) is 5.11. The number of ether oxygens (including phenoxy) is 1. The highest BCUT2D eigenvalue weighted by Crippen LogP contribution is 2.43. The minimum absolute atomic E-state index is 0.0475. The van der Waals surface area contributed by atoms with Crippen LogP contribution in [0.2, 0.25) is 0 Å². The molecule has 1 aromatic carbocycles. The summed E-state index contributed by atoms with van der Waals surface area (Å²) in [5, 5.41) is 0. The van der Waals surface area contributed by atoms with E-state index in [1.807, 2.05) is 24.3 Å². The van der Waals surface area contributed by atoms with E-state index in [1.54, 1.807) is 4.90 Å². The van der Waals surface area contributed by atoms with Crippen LogP contribution in [0, 0.1) is 17.8 Å². The Hall–Kier alpha value is -2.10. The number of para-hydroxylation sites is 1. The van der Waals surface area contributed by atoms with Crippen molar-refractivity contribution in [1.29, 1.82) is 0 Å². The molecule has 0 N–H and O–H groups in total. The molecule has 4 rings (SSSR count). The zero-order valence-corrected chi connectivity index (χ0v) is 12.4. The van der Waals surface area contributed by atoms with E-state index < -0.39 is 0 Å². The summed E-state index contributed by atoms with van der Waals surface area (Å²) >= 11 is 0. The number of nitrogens with zero attached hydrogens (tertiary/aromatic N) is 1. The molecule has 4 heteroatoms. The molecule has 0 unspecified atom stereocenters. The van der Waals surface area contributed by atoms with Gasteiger partial charge in [-0.05, 0) is 42.7 Å². The molecule has 1 fully saturated rings. The first-order chi connectivity index (χ1) is 10.7. The lowest BCUT2D eigenvalue weighted by Gasteiger charge is -2.19. The molecular weight excluding hydrogens is 278 g/mol. The van der Waals surface area contributed by atoms with Crippen molar-refractivity contribution in [2.75, 3.05) is 18.1 Å². The van der Waals surface area contributed by atoms with Crippen molar-refractivity contribution in [2.45, 2.75) is 19.3 Å². The highest BCUT2D eigenvalue weighted by molar-refractivity contribution is 5.97. The van der Waals surface area contributed by atoms with Gasteiger partial charge in [0.05, 0.1) is 5.92 Å². The molecule has 1 amide bonds. The zero-order valence-electron chi connectivity index (χ0n) is 12.4. The quantitative estimate of drug-likeness (QED) is 0.635. The molecule has 3 atom stereocenters. The minimum Gasteiger partial charge on any atom is -0.455 e. The molecule has 0 aromatic heterocycles. The fourth-order valence-electron chi connectivity index (χ4n) is 3.97. The van der Waals surface area contributed by atoms with Crippen LogP contribution in [0.15, 0.2) is 36.4 Å². The van der Waals surface area contributed by atoms with E-state index in [1.165, 1.54) is 5.56 Å². The molecule has 0 saturated heterocycles. The summed E-state index contributed by atoms with van der Waals surface area (Å²) in [6.45, 7) is 0.525. The molecular formula is C18H19NO3. The molecule has 0 radical (unpaired) electrons. The summed E-state index contributed by atoms with van der Waals surface area (Å²) < 4.78 is 5.30. The van der Waals surface area contributed by atoms with E-state index in [0.717, 1.165) is 24.9 Å². The highest BCUT2D eigenvalue weighted by Gasteiger charge is 2.41. The van der Waals surface area contributed by atoms with Crippen molar-refractivity contribution < 1.29 is 14.3 Å². The number of benzene rings is 1. The van der Waals surface area contributed by atoms with Crippen LogP contribution in [-0.2, 0) is 20.7 Å². The Balaban J connectivity index is 1.35. The molecule has 1 aliphatic heterocycles. The number of hydrogen-bond donors (Lipinski definition) is 0. The van der Waals surface area contributed by atoms with Gasteiger partial charge >= 0.3 is 5.97 Å². The number of esters is 1. The topological polar surface area (TPSA) is 46.6 Å². The minimum atomic E-state index is -0.210. The summed E-state index contributed by atoms with van der Waals surface area (Å²) in [6.07, 6.45) is 7.13. The second-order valence-corrected chi connectivity index (χ2v) is 6.42. The van der Waals surface area contributed by atoms with Gasteiger partial charge < -0.3 is 9.64 Å². The fraction of sp³-hybridized carbons (Fsp3) is 0.444. The summed E-state index contributed by atoms with van der Waals surface area (Å²) in [5.74, 6) is 0.465. The summed E-state index contributed by atoms with van der Waals surface area (Å²) in [7, 11) is 0. The van der Waals surface area contributed by atoms with Gasteiger partial charge in [-0.15, -0.1) is 0 Å². The Morgan fingerprint density at radius 2 is 2.05 bits per heavy atom. The number of hydrogen-bond acceptors (Lipinski definition) is 3. The molecule has 1 heterocycles. The Kier molecular flexibility index (Phi) is 3.25. The van der Waals surface area contributed by atoms with E-state index in [0.29, 0.717) is 18.4 Å². The second kappa shape index (κ2) is 5.27. The average Bonchev–Trinajstić information content (AvgIpc) is 3.26. The molecule has 3 aliphatic rings. The van der Waals surface area contributed by atoms with Crippen molar-refractivity contribution in [3.63, 3.8) is 0 Å². The van der Waals surface area contributed by atoms with Gasteiger partial charge in [0.15, 0.2) is 6.61 Å². The lowest BCUT2D eigenvalue weighted by Crippen LogP contribution is -2.34. The van der Waals surface area contributed by atoms with Gasteiger partial charge in [0.2, 0.25) is 0 Å². The van der Waals surface area contributed by atoms with Crippen molar-refractivity contribution in [3.8, 4) is 0 Å². The SMILES string of the molecule is O=C(OCC(=O)N1CCc2ccccc21)[C@@H]1C[C@H]2C=C[C@H]1C2. The predicted octanol–water partition coefficient (Wildman–Crippen LogP) is 2.33. The van der Waals surface area contributed by atoms with Crippen LogP contribution >= 0.6 is 0 Å². The van der Waals surface area contributed by atoms with E-state index in [-0.39, 0.29) is 24.4 Å². The van der Waals surface area contributed by atoms with Crippen LogP contribution in [0.3, 0.4) is 0 Å². The van der Waals surface area contributed by atoms with Crippen LogP contribution in [0.4, 0.5) is 5.69 Å².